The molecule has 2 aliphatic rings. The number of fused-ring (bicyclic) bond motifs is 1. The van der Waals surface area contributed by atoms with E-state index in [-0.39, 0.29) is 24.1 Å². The number of hydrogen-bond donors (Lipinski definition) is 0. The molecule has 0 unspecified atom stereocenters. The molecule has 5 rings (SSSR count). The summed E-state index contributed by atoms with van der Waals surface area (Å²) < 4.78 is 50.2. The van der Waals surface area contributed by atoms with Gasteiger partial charge in [0.2, 0.25) is 12.7 Å². The first-order chi connectivity index (χ1) is 18.9. The number of para-hydroxylation sites is 2. The summed E-state index contributed by atoms with van der Waals surface area (Å²) in [6.07, 6.45) is 0. The minimum Gasteiger partial charge on any atom is -0.497 e. The van der Waals surface area contributed by atoms with Crippen LogP contribution in [0.4, 0.5) is 5.69 Å². The Morgan fingerprint density at radius 1 is 0.897 bits per heavy atom. The van der Waals surface area contributed by atoms with Gasteiger partial charge in [-0.2, -0.15) is 0 Å². The summed E-state index contributed by atoms with van der Waals surface area (Å²) in [6.45, 7) is 2.92. The maximum Gasteiger partial charge on any atom is 0.264 e. The lowest BCUT2D eigenvalue weighted by Crippen LogP contribution is -2.51. The molecule has 0 bridgehead atoms. The molecule has 0 spiro atoms. The maximum atomic E-state index is 13.8. The van der Waals surface area contributed by atoms with Crippen LogP contribution in [-0.2, 0) is 21.4 Å². The molecule has 39 heavy (non-hydrogen) atoms. The van der Waals surface area contributed by atoms with Crippen LogP contribution in [-0.4, -0.2) is 77.9 Å². The molecule has 10 nitrogen and oxygen atoms in total. The molecule has 0 atom stereocenters. The van der Waals surface area contributed by atoms with Gasteiger partial charge in [-0.05, 0) is 54.1 Å². The highest BCUT2D eigenvalue weighted by atomic mass is 32.2. The highest BCUT2D eigenvalue weighted by molar-refractivity contribution is 7.92. The zero-order valence-corrected chi connectivity index (χ0v) is 22.7. The van der Waals surface area contributed by atoms with Crippen molar-refractivity contribution in [3.8, 4) is 23.0 Å². The Bertz CT molecular complexity index is 1420. The van der Waals surface area contributed by atoms with Gasteiger partial charge in [0.1, 0.15) is 18.0 Å². The van der Waals surface area contributed by atoms with Gasteiger partial charge < -0.3 is 23.8 Å². The highest BCUT2D eigenvalue weighted by Gasteiger charge is 2.32. The lowest BCUT2D eigenvalue weighted by molar-refractivity contribution is -0.131. The van der Waals surface area contributed by atoms with E-state index >= 15 is 0 Å². The zero-order valence-electron chi connectivity index (χ0n) is 21.9. The second-order valence-electron chi connectivity index (χ2n) is 9.20. The Morgan fingerprint density at radius 2 is 1.62 bits per heavy atom. The standard InChI is InChI=1S/C28H31N3O7S/c1-35-22-8-10-23(11-9-22)39(33,34)31(24-5-3-4-6-25(24)36-2)19-28(32)30-15-13-29(14-16-30)18-21-7-12-26-27(17-21)38-20-37-26/h3-12,17H,13-16,18-20H2,1-2H3. The third-order valence-electron chi connectivity index (χ3n) is 6.85. The molecule has 3 aromatic rings. The monoisotopic (exact) mass is 553 g/mol. The number of rotatable bonds is 9. The molecule has 0 radical (unpaired) electrons. The predicted octanol–water partition coefficient (Wildman–Crippen LogP) is 2.97. The van der Waals surface area contributed by atoms with Crippen LogP contribution in [0.15, 0.2) is 71.6 Å². The number of ether oxygens (including phenoxy) is 4. The Labute approximate surface area is 228 Å². The maximum absolute atomic E-state index is 13.8. The van der Waals surface area contributed by atoms with Crippen LogP contribution in [0.25, 0.3) is 0 Å². The van der Waals surface area contributed by atoms with E-state index in [0.29, 0.717) is 43.4 Å². The summed E-state index contributed by atoms with van der Waals surface area (Å²) in [5.41, 5.74) is 1.40. The minimum atomic E-state index is -4.08. The van der Waals surface area contributed by atoms with E-state index in [1.165, 1.54) is 26.4 Å². The number of hydrogen-bond acceptors (Lipinski definition) is 8. The van der Waals surface area contributed by atoms with Crippen LogP contribution >= 0.6 is 0 Å². The lowest BCUT2D eigenvalue weighted by atomic mass is 10.1. The number of anilines is 1. The number of sulfonamides is 1. The molecule has 0 N–H and O–H groups in total. The average Bonchev–Trinajstić information content (AvgIpc) is 3.44. The van der Waals surface area contributed by atoms with E-state index in [0.717, 1.165) is 27.9 Å². The molecule has 1 fully saturated rings. The topological polar surface area (TPSA) is 97.9 Å². The van der Waals surface area contributed by atoms with Gasteiger partial charge in [-0.25, -0.2) is 8.42 Å². The van der Waals surface area contributed by atoms with E-state index < -0.39 is 10.0 Å². The number of amides is 1. The normalized spacial score (nSPS) is 15.2. The number of nitrogens with zero attached hydrogens (tertiary/aromatic N) is 3. The first-order valence-corrected chi connectivity index (χ1v) is 14.0. The molecule has 11 heteroatoms. The molecule has 0 aromatic heterocycles. The third-order valence-corrected chi connectivity index (χ3v) is 8.62. The van der Waals surface area contributed by atoms with Crippen LogP contribution in [0.2, 0.25) is 0 Å². The van der Waals surface area contributed by atoms with Crippen molar-refractivity contribution >= 4 is 21.6 Å². The van der Waals surface area contributed by atoms with Gasteiger partial charge in [-0.3, -0.25) is 14.0 Å². The average molecular weight is 554 g/mol. The van der Waals surface area contributed by atoms with Crippen molar-refractivity contribution in [1.29, 1.82) is 0 Å². The second kappa shape index (κ2) is 11.4. The largest absolute Gasteiger partial charge is 0.497 e. The first-order valence-electron chi connectivity index (χ1n) is 12.6. The molecule has 2 heterocycles. The molecule has 0 saturated carbocycles. The molecule has 2 aliphatic heterocycles. The second-order valence-corrected chi connectivity index (χ2v) is 11.1. The van der Waals surface area contributed by atoms with Gasteiger partial charge in [0, 0.05) is 32.7 Å². The van der Waals surface area contributed by atoms with Crippen LogP contribution in [0, 0.1) is 0 Å². The van der Waals surface area contributed by atoms with Gasteiger partial charge in [-0.15, -0.1) is 0 Å². The smallest absolute Gasteiger partial charge is 0.264 e. The van der Waals surface area contributed by atoms with Crippen molar-refractivity contribution in [1.82, 2.24) is 9.80 Å². The van der Waals surface area contributed by atoms with E-state index in [2.05, 4.69) is 4.90 Å². The SMILES string of the molecule is COc1ccc(S(=O)(=O)N(CC(=O)N2CCN(Cc3ccc4c(c3)OCO4)CC2)c2ccccc2OC)cc1. The fourth-order valence-electron chi connectivity index (χ4n) is 4.69. The van der Waals surface area contributed by atoms with E-state index in [1.54, 1.807) is 41.3 Å². The van der Waals surface area contributed by atoms with Gasteiger partial charge in [0.15, 0.2) is 11.5 Å². The summed E-state index contributed by atoms with van der Waals surface area (Å²) in [5, 5.41) is 0. The van der Waals surface area contributed by atoms with Gasteiger partial charge in [0.05, 0.1) is 24.8 Å². The lowest BCUT2D eigenvalue weighted by Gasteiger charge is -2.36. The van der Waals surface area contributed by atoms with Crippen molar-refractivity contribution in [3.63, 3.8) is 0 Å². The van der Waals surface area contributed by atoms with E-state index in [4.69, 9.17) is 18.9 Å². The summed E-state index contributed by atoms with van der Waals surface area (Å²) in [5.74, 6) is 2.11. The Balaban J connectivity index is 1.30. The fraction of sp³-hybridized carbons (Fsp3) is 0.321. The molecule has 206 valence electrons. The Hall–Kier alpha value is -3.96. The molecular weight excluding hydrogens is 522 g/mol. The zero-order chi connectivity index (χ0) is 27.4. The van der Waals surface area contributed by atoms with Crippen molar-refractivity contribution in [2.75, 3.05) is 58.0 Å². The molecule has 3 aromatic carbocycles. The van der Waals surface area contributed by atoms with Crippen LogP contribution < -0.4 is 23.3 Å². The summed E-state index contributed by atoms with van der Waals surface area (Å²) in [6, 6.07) is 18.8. The summed E-state index contributed by atoms with van der Waals surface area (Å²) in [7, 11) is -1.10. The van der Waals surface area contributed by atoms with Crippen LogP contribution in [0.5, 0.6) is 23.0 Å². The van der Waals surface area contributed by atoms with Gasteiger partial charge in [-0.1, -0.05) is 18.2 Å². The van der Waals surface area contributed by atoms with E-state index in [9.17, 15) is 13.2 Å². The highest BCUT2D eigenvalue weighted by Crippen LogP contribution is 2.34. The van der Waals surface area contributed by atoms with E-state index in [1.807, 2.05) is 18.2 Å². The van der Waals surface area contributed by atoms with Crippen molar-refractivity contribution in [2.24, 2.45) is 0 Å². The third kappa shape index (κ3) is 5.74. The number of carbonyl (C=O) groups is 1. The quantitative estimate of drug-likeness (QED) is 0.399. The van der Waals surface area contributed by atoms with Crippen LogP contribution in [0.1, 0.15) is 5.56 Å². The first kappa shape index (κ1) is 26.6. The number of piperazine rings is 1. The molecule has 1 amide bonds. The number of carbonyl (C=O) groups excluding carboxylic acids is 1. The van der Waals surface area contributed by atoms with Crippen molar-refractivity contribution < 1.29 is 32.2 Å². The fourth-order valence-corrected chi connectivity index (χ4v) is 6.11. The molecular formula is C28H31N3O7S. The van der Waals surface area contributed by atoms with Gasteiger partial charge >= 0.3 is 0 Å². The molecule has 0 aliphatic carbocycles. The predicted molar refractivity (Wildman–Crippen MR) is 145 cm³/mol. The molecule has 1 saturated heterocycles. The van der Waals surface area contributed by atoms with Crippen molar-refractivity contribution in [2.45, 2.75) is 11.4 Å². The Morgan fingerprint density at radius 3 is 2.33 bits per heavy atom. The summed E-state index contributed by atoms with van der Waals surface area (Å²) >= 11 is 0. The number of methoxy groups -OCH3 is 2. The summed E-state index contributed by atoms with van der Waals surface area (Å²) in [4.78, 5) is 17.5. The van der Waals surface area contributed by atoms with Crippen LogP contribution in [0.3, 0.4) is 0 Å². The number of benzene rings is 3. The minimum absolute atomic E-state index is 0.0514. The van der Waals surface area contributed by atoms with Crippen molar-refractivity contribution in [3.05, 3.63) is 72.3 Å². The van der Waals surface area contributed by atoms with Gasteiger partial charge in [0.25, 0.3) is 10.0 Å². The Kier molecular flexibility index (Phi) is 7.80.